The van der Waals surface area contributed by atoms with Crippen LogP contribution in [0.25, 0.3) is 0 Å². The second-order valence-corrected chi connectivity index (χ2v) is 9.83. The van der Waals surface area contributed by atoms with Crippen molar-refractivity contribution in [3.05, 3.63) is 41.5 Å². The highest BCUT2D eigenvalue weighted by Crippen LogP contribution is 2.47. The average molecular weight is 457 g/mol. The lowest BCUT2D eigenvalue weighted by Gasteiger charge is -2.42. The number of rotatable bonds is 7. The van der Waals surface area contributed by atoms with Gasteiger partial charge in [-0.3, -0.25) is 9.59 Å². The zero-order chi connectivity index (χ0) is 23.5. The van der Waals surface area contributed by atoms with E-state index in [1.807, 2.05) is 38.1 Å². The Kier molecular flexibility index (Phi) is 7.39. The van der Waals surface area contributed by atoms with E-state index in [9.17, 15) is 19.8 Å². The summed E-state index contributed by atoms with van der Waals surface area (Å²) in [7, 11) is 0. The third kappa shape index (κ3) is 4.80. The minimum absolute atomic E-state index is 0.0232. The molecule has 0 saturated heterocycles. The van der Waals surface area contributed by atoms with Gasteiger partial charge in [0.25, 0.3) is 0 Å². The first-order valence-corrected chi connectivity index (χ1v) is 12.3. The van der Waals surface area contributed by atoms with Crippen LogP contribution in [0.15, 0.2) is 35.9 Å². The van der Waals surface area contributed by atoms with E-state index in [4.69, 9.17) is 4.74 Å². The Morgan fingerprint density at radius 1 is 1.18 bits per heavy atom. The molecule has 3 N–H and O–H groups in total. The van der Waals surface area contributed by atoms with E-state index in [1.54, 1.807) is 11.0 Å². The molecule has 4 atom stereocenters. The molecule has 0 spiro atoms. The van der Waals surface area contributed by atoms with E-state index < -0.39 is 24.2 Å². The lowest BCUT2D eigenvalue weighted by atomic mass is 9.77. The molecule has 33 heavy (non-hydrogen) atoms. The third-order valence-electron chi connectivity index (χ3n) is 7.19. The standard InChI is InChI=1S/C26H36N2O5/c1-16(2)26(32)28(15-17-8-4-3-5-9-17)20-14-19(25(31)27-12-13-29)22-18-10-6-7-11-21(18)33-24(22)23(20)30/h6-7,10-11,14,16-17,20,22-24,29-30H,3-5,8-9,12-13,15H2,1-2H3,(H,27,31). The summed E-state index contributed by atoms with van der Waals surface area (Å²) in [5.74, 6) is 0.0862. The highest BCUT2D eigenvalue weighted by atomic mass is 16.5. The van der Waals surface area contributed by atoms with Gasteiger partial charge in [-0.15, -0.1) is 0 Å². The van der Waals surface area contributed by atoms with Crippen LogP contribution < -0.4 is 10.1 Å². The van der Waals surface area contributed by atoms with Crippen molar-refractivity contribution in [3.8, 4) is 5.75 Å². The van der Waals surface area contributed by atoms with Crippen LogP contribution in [0.4, 0.5) is 0 Å². The van der Waals surface area contributed by atoms with E-state index in [2.05, 4.69) is 5.32 Å². The number of carbonyl (C=O) groups is 2. The van der Waals surface area contributed by atoms with Gasteiger partial charge in [0.15, 0.2) is 0 Å². The molecule has 7 heteroatoms. The van der Waals surface area contributed by atoms with Crippen molar-refractivity contribution in [3.63, 3.8) is 0 Å². The van der Waals surface area contributed by atoms with Crippen LogP contribution in [0.2, 0.25) is 0 Å². The molecule has 1 fully saturated rings. The topological polar surface area (TPSA) is 99.1 Å². The maximum atomic E-state index is 13.3. The van der Waals surface area contributed by atoms with E-state index in [0.29, 0.717) is 23.8 Å². The van der Waals surface area contributed by atoms with Crippen LogP contribution >= 0.6 is 0 Å². The Bertz CT molecular complexity index is 892. The molecule has 1 saturated carbocycles. The molecule has 1 aromatic rings. The smallest absolute Gasteiger partial charge is 0.247 e. The molecule has 2 aliphatic carbocycles. The van der Waals surface area contributed by atoms with Gasteiger partial charge >= 0.3 is 0 Å². The zero-order valence-electron chi connectivity index (χ0n) is 19.6. The molecule has 1 aliphatic heterocycles. The molecular weight excluding hydrogens is 420 g/mol. The van der Waals surface area contributed by atoms with Crippen molar-refractivity contribution in [2.45, 2.75) is 70.1 Å². The van der Waals surface area contributed by atoms with Gasteiger partial charge in [-0.25, -0.2) is 0 Å². The van der Waals surface area contributed by atoms with Gasteiger partial charge in [-0.2, -0.15) is 0 Å². The molecular formula is C26H36N2O5. The second-order valence-electron chi connectivity index (χ2n) is 9.83. The number of hydrogen-bond acceptors (Lipinski definition) is 5. The van der Waals surface area contributed by atoms with Gasteiger partial charge in [-0.05, 0) is 30.9 Å². The quantitative estimate of drug-likeness (QED) is 0.585. The first-order chi connectivity index (χ1) is 15.9. The maximum absolute atomic E-state index is 13.3. The highest BCUT2D eigenvalue weighted by molar-refractivity contribution is 5.96. The first kappa shape index (κ1) is 23.8. The summed E-state index contributed by atoms with van der Waals surface area (Å²) < 4.78 is 6.16. The van der Waals surface area contributed by atoms with Gasteiger partial charge in [-0.1, -0.05) is 51.3 Å². The number of carbonyl (C=O) groups excluding carboxylic acids is 2. The number of hydrogen-bond donors (Lipinski definition) is 3. The van der Waals surface area contributed by atoms with Crippen molar-refractivity contribution in [1.82, 2.24) is 10.2 Å². The van der Waals surface area contributed by atoms with Crippen LogP contribution in [0.3, 0.4) is 0 Å². The second kappa shape index (κ2) is 10.3. The van der Waals surface area contributed by atoms with Crippen molar-refractivity contribution in [1.29, 1.82) is 0 Å². The normalized spacial score (nSPS) is 26.8. The van der Waals surface area contributed by atoms with Gasteiger partial charge in [0, 0.05) is 30.1 Å². The predicted molar refractivity (Wildman–Crippen MR) is 125 cm³/mol. The number of amides is 2. The van der Waals surface area contributed by atoms with E-state index in [1.165, 1.54) is 6.42 Å². The van der Waals surface area contributed by atoms with Crippen molar-refractivity contribution >= 4 is 11.8 Å². The molecule has 7 nitrogen and oxygen atoms in total. The van der Waals surface area contributed by atoms with Gasteiger partial charge in [0.2, 0.25) is 11.8 Å². The van der Waals surface area contributed by atoms with Crippen LogP contribution in [-0.4, -0.2) is 64.9 Å². The Hall–Kier alpha value is -2.38. The number of ether oxygens (including phenoxy) is 1. The highest BCUT2D eigenvalue weighted by Gasteiger charge is 2.50. The molecule has 2 amide bonds. The van der Waals surface area contributed by atoms with E-state index in [-0.39, 0.29) is 30.9 Å². The van der Waals surface area contributed by atoms with Gasteiger partial charge in [0.1, 0.15) is 18.0 Å². The van der Waals surface area contributed by atoms with E-state index in [0.717, 1.165) is 31.2 Å². The monoisotopic (exact) mass is 456 g/mol. The lowest BCUT2D eigenvalue weighted by Crippen LogP contribution is -2.57. The predicted octanol–water partition coefficient (Wildman–Crippen LogP) is 2.37. The SMILES string of the molecule is CC(C)C(=O)N(CC1CCCCC1)C1C=C(C(=O)NCCO)C2c3ccccc3OC2C1O. The summed E-state index contributed by atoms with van der Waals surface area (Å²) in [5, 5.41) is 23.4. The summed E-state index contributed by atoms with van der Waals surface area (Å²) in [6.07, 6.45) is 5.87. The lowest BCUT2D eigenvalue weighted by molar-refractivity contribution is -0.141. The summed E-state index contributed by atoms with van der Waals surface area (Å²) >= 11 is 0. The molecule has 3 aliphatic rings. The number of aliphatic hydroxyl groups is 2. The van der Waals surface area contributed by atoms with Crippen LogP contribution in [0.1, 0.15) is 57.4 Å². The molecule has 0 radical (unpaired) electrons. The number of fused-ring (bicyclic) bond motifs is 3. The average Bonchev–Trinajstić information content (AvgIpc) is 3.22. The molecule has 1 aromatic carbocycles. The van der Waals surface area contributed by atoms with Gasteiger partial charge in [0.05, 0.1) is 18.6 Å². The molecule has 0 aromatic heterocycles. The fraction of sp³-hybridized carbons (Fsp3) is 0.615. The summed E-state index contributed by atoms with van der Waals surface area (Å²) in [6.45, 7) is 4.29. The summed E-state index contributed by atoms with van der Waals surface area (Å²) in [5.41, 5.74) is 1.35. The Morgan fingerprint density at radius 3 is 2.61 bits per heavy atom. The molecule has 180 valence electrons. The van der Waals surface area contributed by atoms with Crippen molar-refractivity contribution in [2.75, 3.05) is 19.7 Å². The van der Waals surface area contributed by atoms with E-state index >= 15 is 0 Å². The number of nitrogens with one attached hydrogen (secondary N) is 1. The van der Waals surface area contributed by atoms with Crippen LogP contribution in [-0.2, 0) is 9.59 Å². The fourth-order valence-electron chi connectivity index (χ4n) is 5.53. The minimum Gasteiger partial charge on any atom is -0.486 e. The van der Waals surface area contributed by atoms with Crippen LogP contribution in [0.5, 0.6) is 5.75 Å². The number of aliphatic hydroxyl groups excluding tert-OH is 2. The minimum atomic E-state index is -0.955. The molecule has 1 heterocycles. The third-order valence-corrected chi connectivity index (χ3v) is 7.19. The van der Waals surface area contributed by atoms with Gasteiger partial charge < -0.3 is 25.2 Å². The Labute approximate surface area is 195 Å². The molecule has 4 unspecified atom stereocenters. The zero-order valence-corrected chi connectivity index (χ0v) is 19.6. The number of nitrogens with zero attached hydrogens (tertiary/aromatic N) is 1. The Morgan fingerprint density at radius 2 is 1.91 bits per heavy atom. The molecule has 0 bridgehead atoms. The molecule has 4 rings (SSSR count). The van der Waals surface area contributed by atoms with Crippen LogP contribution in [0, 0.1) is 11.8 Å². The fourth-order valence-corrected chi connectivity index (χ4v) is 5.53. The first-order valence-electron chi connectivity index (χ1n) is 12.3. The maximum Gasteiger partial charge on any atom is 0.247 e. The summed E-state index contributed by atoms with van der Waals surface area (Å²) in [4.78, 5) is 28.3. The summed E-state index contributed by atoms with van der Waals surface area (Å²) in [6, 6.07) is 6.88. The number of para-hydroxylation sites is 1. The Balaban J connectivity index is 1.71. The number of benzene rings is 1. The van der Waals surface area contributed by atoms with Crippen molar-refractivity contribution in [2.24, 2.45) is 11.8 Å². The largest absolute Gasteiger partial charge is 0.486 e. The van der Waals surface area contributed by atoms with Crippen molar-refractivity contribution < 1.29 is 24.5 Å².